The van der Waals surface area contributed by atoms with E-state index in [0.29, 0.717) is 5.69 Å². The Kier molecular flexibility index (Phi) is 4.37. The molecule has 0 heterocycles. The van der Waals surface area contributed by atoms with E-state index in [4.69, 9.17) is 0 Å². The first-order valence-electron chi connectivity index (χ1n) is 6.02. The van der Waals surface area contributed by atoms with Gasteiger partial charge in [0.25, 0.3) is 15.7 Å². The number of nitro groups is 1. The zero-order valence-corrected chi connectivity index (χ0v) is 11.9. The van der Waals surface area contributed by atoms with Gasteiger partial charge in [0.2, 0.25) is 0 Å². The van der Waals surface area contributed by atoms with Crippen LogP contribution in [0, 0.1) is 10.1 Å². The van der Waals surface area contributed by atoms with E-state index in [-0.39, 0.29) is 0 Å². The van der Waals surface area contributed by atoms with Crippen molar-refractivity contribution >= 4 is 27.4 Å². The summed E-state index contributed by atoms with van der Waals surface area (Å²) in [5, 5.41) is 13.2. The lowest BCUT2D eigenvalue weighted by Gasteiger charge is -2.08. The van der Waals surface area contributed by atoms with Gasteiger partial charge in [-0.05, 0) is 18.2 Å². The predicted molar refractivity (Wildman–Crippen MR) is 78.9 cm³/mol. The lowest BCUT2D eigenvalue weighted by Crippen LogP contribution is -2.34. The third-order valence-corrected chi connectivity index (χ3v) is 3.99. The van der Waals surface area contributed by atoms with Crippen LogP contribution < -0.4 is 10.0 Å². The van der Waals surface area contributed by atoms with E-state index in [1.807, 2.05) is 0 Å². The Morgan fingerprint density at radius 3 is 2.23 bits per heavy atom. The molecule has 0 aliphatic heterocycles. The van der Waals surface area contributed by atoms with Crippen LogP contribution in [-0.2, 0) is 10.0 Å². The molecule has 0 unspecified atom stereocenters. The molecule has 2 N–H and O–H groups in total. The maximum Gasteiger partial charge on any atom is 0.333 e. The van der Waals surface area contributed by atoms with Crippen molar-refractivity contribution in [1.29, 1.82) is 0 Å². The number of nitrogens with zero attached hydrogens (tertiary/aromatic N) is 1. The van der Waals surface area contributed by atoms with E-state index in [1.165, 1.54) is 12.1 Å². The monoisotopic (exact) mass is 321 g/mol. The first-order valence-corrected chi connectivity index (χ1v) is 7.51. The van der Waals surface area contributed by atoms with E-state index in [9.17, 15) is 23.3 Å². The summed E-state index contributed by atoms with van der Waals surface area (Å²) in [6.07, 6.45) is 0. The third-order valence-electron chi connectivity index (χ3n) is 2.61. The molecule has 0 atom stereocenters. The van der Waals surface area contributed by atoms with Crippen LogP contribution in [0.1, 0.15) is 0 Å². The van der Waals surface area contributed by atoms with Gasteiger partial charge >= 0.3 is 6.03 Å². The molecule has 22 heavy (non-hydrogen) atoms. The Morgan fingerprint density at radius 2 is 1.59 bits per heavy atom. The fourth-order valence-corrected chi connectivity index (χ4v) is 2.77. The molecule has 0 saturated carbocycles. The molecule has 0 fully saturated rings. The molecule has 0 aliphatic rings. The molecule has 2 aromatic carbocycles. The molecule has 114 valence electrons. The fourth-order valence-electron chi connectivity index (χ4n) is 1.69. The third kappa shape index (κ3) is 3.58. The molecular weight excluding hydrogens is 310 g/mol. The smallest absolute Gasteiger partial charge is 0.307 e. The lowest BCUT2D eigenvalue weighted by molar-refractivity contribution is -0.387. The van der Waals surface area contributed by atoms with Crippen LogP contribution in [-0.4, -0.2) is 19.4 Å². The molecule has 2 rings (SSSR count). The zero-order chi connectivity index (χ0) is 16.2. The maximum atomic E-state index is 12.1. The van der Waals surface area contributed by atoms with Gasteiger partial charge in [0.15, 0.2) is 4.90 Å². The Balaban J connectivity index is 2.21. The second kappa shape index (κ2) is 6.22. The largest absolute Gasteiger partial charge is 0.333 e. The molecule has 0 spiro atoms. The molecule has 0 radical (unpaired) electrons. The number of hydrogen-bond donors (Lipinski definition) is 2. The highest BCUT2D eigenvalue weighted by Crippen LogP contribution is 2.22. The second-order valence-electron chi connectivity index (χ2n) is 4.15. The van der Waals surface area contributed by atoms with Crippen molar-refractivity contribution in [2.75, 3.05) is 5.32 Å². The summed E-state index contributed by atoms with van der Waals surface area (Å²) in [7, 11) is -4.36. The molecule has 0 aliphatic carbocycles. The van der Waals surface area contributed by atoms with Gasteiger partial charge in [-0.2, -0.15) is 0 Å². The number of anilines is 1. The SMILES string of the molecule is O=C(Nc1ccccc1)NS(=O)(=O)c1ccccc1[N+](=O)[O-]. The highest BCUT2D eigenvalue weighted by atomic mass is 32.2. The molecule has 2 amide bonds. The first kappa shape index (κ1) is 15.4. The van der Waals surface area contributed by atoms with Crippen LogP contribution in [0.2, 0.25) is 0 Å². The Hall–Kier alpha value is -2.94. The topological polar surface area (TPSA) is 118 Å². The minimum absolute atomic E-state index is 0.387. The van der Waals surface area contributed by atoms with Crippen molar-refractivity contribution in [3.63, 3.8) is 0 Å². The van der Waals surface area contributed by atoms with Gasteiger partial charge in [0.05, 0.1) is 4.92 Å². The molecule has 0 saturated heterocycles. The van der Waals surface area contributed by atoms with Crippen molar-refractivity contribution in [2.24, 2.45) is 0 Å². The van der Waals surface area contributed by atoms with Gasteiger partial charge in [-0.25, -0.2) is 17.9 Å². The first-order chi connectivity index (χ1) is 10.4. The maximum absolute atomic E-state index is 12.1. The van der Waals surface area contributed by atoms with E-state index in [1.54, 1.807) is 35.1 Å². The van der Waals surface area contributed by atoms with Crippen molar-refractivity contribution in [3.8, 4) is 0 Å². The van der Waals surface area contributed by atoms with Gasteiger partial charge < -0.3 is 5.32 Å². The zero-order valence-electron chi connectivity index (χ0n) is 11.1. The van der Waals surface area contributed by atoms with Crippen LogP contribution in [0.4, 0.5) is 16.2 Å². The molecule has 8 nitrogen and oxygen atoms in total. The normalized spacial score (nSPS) is 10.7. The molecule has 9 heteroatoms. The van der Waals surface area contributed by atoms with Gasteiger partial charge in [-0.1, -0.05) is 30.3 Å². The highest BCUT2D eigenvalue weighted by Gasteiger charge is 2.26. The minimum atomic E-state index is -4.36. The van der Waals surface area contributed by atoms with E-state index in [2.05, 4.69) is 5.32 Å². The summed E-state index contributed by atoms with van der Waals surface area (Å²) >= 11 is 0. The number of carbonyl (C=O) groups is 1. The Morgan fingerprint density at radius 1 is 1.00 bits per heavy atom. The average molecular weight is 321 g/mol. The summed E-state index contributed by atoms with van der Waals surface area (Å²) in [5.74, 6) is 0. The molecule has 0 bridgehead atoms. The van der Waals surface area contributed by atoms with E-state index >= 15 is 0 Å². The lowest BCUT2D eigenvalue weighted by atomic mass is 10.3. The number of nitrogens with one attached hydrogen (secondary N) is 2. The summed E-state index contributed by atoms with van der Waals surface area (Å²) < 4.78 is 25.9. The van der Waals surface area contributed by atoms with Crippen LogP contribution in [0.3, 0.4) is 0 Å². The predicted octanol–water partition coefficient (Wildman–Crippen LogP) is 2.11. The molecule has 2 aromatic rings. The second-order valence-corrected chi connectivity index (χ2v) is 5.80. The van der Waals surface area contributed by atoms with Crippen LogP contribution in [0.5, 0.6) is 0 Å². The molecule has 0 aromatic heterocycles. The molecular formula is C13H11N3O5S. The van der Waals surface area contributed by atoms with E-state index < -0.39 is 31.6 Å². The van der Waals surface area contributed by atoms with Gasteiger partial charge in [-0.3, -0.25) is 10.1 Å². The minimum Gasteiger partial charge on any atom is -0.307 e. The number of amides is 2. The number of benzene rings is 2. The van der Waals surface area contributed by atoms with Crippen LogP contribution in [0.15, 0.2) is 59.5 Å². The Bertz CT molecular complexity index is 805. The summed E-state index contributed by atoms with van der Waals surface area (Å²) in [5.41, 5.74) is -0.222. The van der Waals surface area contributed by atoms with Crippen LogP contribution >= 0.6 is 0 Å². The number of nitro benzene ring substituents is 1. The van der Waals surface area contributed by atoms with Gasteiger partial charge in [0, 0.05) is 11.8 Å². The van der Waals surface area contributed by atoms with Gasteiger partial charge in [-0.15, -0.1) is 0 Å². The quantitative estimate of drug-likeness (QED) is 0.660. The fraction of sp³-hybridized carbons (Fsp3) is 0. The van der Waals surface area contributed by atoms with Crippen LogP contribution in [0.25, 0.3) is 0 Å². The van der Waals surface area contributed by atoms with E-state index in [0.717, 1.165) is 12.1 Å². The standard InChI is InChI=1S/C13H11N3O5S/c17-13(14-10-6-2-1-3-7-10)15-22(20,21)12-9-5-4-8-11(12)16(18)19/h1-9H,(H2,14,15,17). The summed E-state index contributed by atoms with van der Waals surface area (Å²) in [4.78, 5) is 21.2. The number of rotatable bonds is 4. The number of hydrogen-bond acceptors (Lipinski definition) is 5. The average Bonchev–Trinajstić information content (AvgIpc) is 2.47. The highest BCUT2D eigenvalue weighted by molar-refractivity contribution is 7.90. The summed E-state index contributed by atoms with van der Waals surface area (Å²) in [6, 6.07) is 11.9. The van der Waals surface area contributed by atoms with Gasteiger partial charge in [0.1, 0.15) is 0 Å². The van der Waals surface area contributed by atoms with Crippen molar-refractivity contribution in [2.45, 2.75) is 4.90 Å². The summed E-state index contributed by atoms with van der Waals surface area (Å²) in [6.45, 7) is 0. The number of sulfonamides is 1. The number of para-hydroxylation sites is 2. The van der Waals surface area contributed by atoms with Crippen molar-refractivity contribution in [1.82, 2.24) is 4.72 Å². The van der Waals surface area contributed by atoms with Crippen molar-refractivity contribution in [3.05, 3.63) is 64.7 Å². The Labute approximate surface area is 126 Å². The van der Waals surface area contributed by atoms with Crippen molar-refractivity contribution < 1.29 is 18.1 Å². The number of carbonyl (C=O) groups excluding carboxylic acids is 1. The number of urea groups is 1.